The summed E-state index contributed by atoms with van der Waals surface area (Å²) in [5.41, 5.74) is 1.05. The zero-order valence-corrected chi connectivity index (χ0v) is 20.6. The van der Waals surface area contributed by atoms with Gasteiger partial charge in [-0.05, 0) is 56.9 Å². The Morgan fingerprint density at radius 2 is 1.74 bits per heavy atom. The molecule has 2 heterocycles. The molecule has 0 aromatic heterocycles. The van der Waals surface area contributed by atoms with Crippen LogP contribution in [0.1, 0.15) is 44.7 Å². The largest absolute Gasteiger partial charge is 0.454 e. The molecular formula is C27H34N2O6. The minimum Gasteiger partial charge on any atom is -0.454 e. The molecule has 35 heavy (non-hydrogen) atoms. The first-order chi connectivity index (χ1) is 16.7. The van der Waals surface area contributed by atoms with Crippen LogP contribution in [0.2, 0.25) is 0 Å². The van der Waals surface area contributed by atoms with E-state index >= 15 is 0 Å². The van der Waals surface area contributed by atoms with Crippen LogP contribution in [0.25, 0.3) is 0 Å². The van der Waals surface area contributed by atoms with Crippen molar-refractivity contribution < 1.29 is 28.5 Å². The lowest BCUT2D eigenvalue weighted by atomic mass is 9.74. The van der Waals surface area contributed by atoms with E-state index in [0.717, 1.165) is 29.7 Å². The fraction of sp³-hybridized carbons (Fsp3) is 0.481. The second-order valence-corrected chi connectivity index (χ2v) is 10.1. The third-order valence-electron chi connectivity index (χ3n) is 6.33. The Hall–Kier alpha value is -3.26. The van der Waals surface area contributed by atoms with Gasteiger partial charge in [-0.2, -0.15) is 0 Å². The first-order valence-electron chi connectivity index (χ1n) is 12.0. The number of nitrogens with one attached hydrogen (secondary N) is 2. The summed E-state index contributed by atoms with van der Waals surface area (Å²) < 4.78 is 22.1. The van der Waals surface area contributed by atoms with Gasteiger partial charge in [-0.25, -0.2) is 4.79 Å². The quantitative estimate of drug-likeness (QED) is 0.625. The molecule has 1 fully saturated rings. The number of carbonyl (C=O) groups is 2. The molecule has 8 nitrogen and oxygen atoms in total. The minimum atomic E-state index is -0.777. The van der Waals surface area contributed by atoms with E-state index in [9.17, 15) is 9.59 Å². The average Bonchev–Trinajstić information content (AvgIpc) is 3.30. The highest BCUT2D eigenvalue weighted by Gasteiger charge is 2.37. The van der Waals surface area contributed by atoms with Gasteiger partial charge in [-0.15, -0.1) is 0 Å². The fourth-order valence-electron chi connectivity index (χ4n) is 4.44. The standard InChI is InChI=1S/C27H34N2O6/c1-26(2,3)35-25(31)29-21(15-19-7-5-4-6-8-19)24(30)28-17-27(11-13-32-14-12-27)20-9-10-22-23(16-20)34-18-33-22/h4-10,16,21H,11-15,17-18H2,1-3H3,(H,28,30)(H,29,31). The van der Waals surface area contributed by atoms with Gasteiger partial charge in [-0.1, -0.05) is 36.4 Å². The molecule has 1 unspecified atom stereocenters. The van der Waals surface area contributed by atoms with E-state index in [1.807, 2.05) is 48.5 Å². The predicted molar refractivity (Wildman–Crippen MR) is 131 cm³/mol. The van der Waals surface area contributed by atoms with Crippen molar-refractivity contribution in [3.8, 4) is 11.5 Å². The van der Waals surface area contributed by atoms with E-state index in [-0.39, 0.29) is 18.1 Å². The van der Waals surface area contributed by atoms with Crippen LogP contribution in [-0.4, -0.2) is 50.2 Å². The summed E-state index contributed by atoms with van der Waals surface area (Å²) in [6, 6.07) is 14.8. The fourth-order valence-corrected chi connectivity index (χ4v) is 4.44. The van der Waals surface area contributed by atoms with Crippen LogP contribution < -0.4 is 20.1 Å². The zero-order chi connectivity index (χ0) is 24.9. The summed E-state index contributed by atoms with van der Waals surface area (Å²) >= 11 is 0. The highest BCUT2D eigenvalue weighted by Crippen LogP contribution is 2.40. The molecule has 2 amide bonds. The number of fused-ring (bicyclic) bond motifs is 1. The molecule has 0 saturated carbocycles. The van der Waals surface area contributed by atoms with Crippen LogP contribution >= 0.6 is 0 Å². The van der Waals surface area contributed by atoms with Crippen molar-refractivity contribution in [2.75, 3.05) is 26.6 Å². The first-order valence-corrected chi connectivity index (χ1v) is 12.0. The minimum absolute atomic E-state index is 0.211. The SMILES string of the molecule is CC(C)(C)OC(=O)NC(Cc1ccccc1)C(=O)NCC1(c2ccc3c(c2)OCO3)CCOCC1. The highest BCUT2D eigenvalue weighted by atomic mass is 16.7. The van der Waals surface area contributed by atoms with Gasteiger partial charge >= 0.3 is 6.09 Å². The van der Waals surface area contributed by atoms with Crippen molar-refractivity contribution in [2.45, 2.75) is 57.1 Å². The Morgan fingerprint density at radius 1 is 1.03 bits per heavy atom. The molecule has 0 aliphatic carbocycles. The van der Waals surface area contributed by atoms with Gasteiger partial charge in [-0.3, -0.25) is 4.79 Å². The molecule has 2 aromatic carbocycles. The molecule has 0 radical (unpaired) electrons. The molecule has 0 spiro atoms. The van der Waals surface area contributed by atoms with Gasteiger partial charge in [0.15, 0.2) is 11.5 Å². The molecule has 1 saturated heterocycles. The van der Waals surface area contributed by atoms with Crippen LogP contribution in [0.5, 0.6) is 11.5 Å². The Kier molecular flexibility index (Phi) is 7.50. The third kappa shape index (κ3) is 6.45. The molecule has 1 atom stereocenters. The first kappa shape index (κ1) is 24.9. The number of alkyl carbamates (subject to hydrolysis) is 1. The maximum Gasteiger partial charge on any atom is 0.408 e. The summed E-state index contributed by atoms with van der Waals surface area (Å²) in [5.74, 6) is 1.18. The summed E-state index contributed by atoms with van der Waals surface area (Å²) in [5, 5.41) is 5.87. The highest BCUT2D eigenvalue weighted by molar-refractivity contribution is 5.86. The molecule has 2 aliphatic rings. The van der Waals surface area contributed by atoms with Crippen LogP contribution in [0, 0.1) is 0 Å². The Bertz CT molecular complexity index is 1030. The number of hydrogen-bond donors (Lipinski definition) is 2. The summed E-state index contributed by atoms with van der Waals surface area (Å²) in [4.78, 5) is 25.9. The Labute approximate surface area is 206 Å². The van der Waals surface area contributed by atoms with Gasteiger partial charge < -0.3 is 29.6 Å². The maximum atomic E-state index is 13.4. The number of hydrogen-bond acceptors (Lipinski definition) is 6. The van der Waals surface area contributed by atoms with E-state index < -0.39 is 17.7 Å². The summed E-state index contributed by atoms with van der Waals surface area (Å²) in [6.45, 7) is 7.21. The van der Waals surface area contributed by atoms with Crippen LogP contribution in [0.4, 0.5) is 4.79 Å². The van der Waals surface area contributed by atoms with Crippen molar-refractivity contribution >= 4 is 12.0 Å². The van der Waals surface area contributed by atoms with Crippen molar-refractivity contribution in [1.29, 1.82) is 0 Å². The molecule has 2 aliphatic heterocycles. The number of amides is 2. The van der Waals surface area contributed by atoms with Gasteiger partial charge in [0.05, 0.1) is 0 Å². The van der Waals surface area contributed by atoms with E-state index in [1.165, 1.54) is 0 Å². The van der Waals surface area contributed by atoms with Crippen molar-refractivity contribution in [3.05, 3.63) is 59.7 Å². The topological polar surface area (TPSA) is 95.1 Å². The monoisotopic (exact) mass is 482 g/mol. The van der Waals surface area contributed by atoms with Crippen LogP contribution in [0.15, 0.2) is 48.5 Å². The Morgan fingerprint density at radius 3 is 2.46 bits per heavy atom. The number of ether oxygens (including phenoxy) is 4. The Balaban J connectivity index is 1.50. The van der Waals surface area contributed by atoms with Gasteiger partial charge in [0.25, 0.3) is 0 Å². The third-order valence-corrected chi connectivity index (χ3v) is 6.33. The summed E-state index contributed by atoms with van der Waals surface area (Å²) in [7, 11) is 0. The normalized spacial score (nSPS) is 17.3. The van der Waals surface area contributed by atoms with E-state index in [4.69, 9.17) is 18.9 Å². The number of carbonyl (C=O) groups excluding carboxylic acids is 2. The van der Waals surface area contributed by atoms with Crippen molar-refractivity contribution in [1.82, 2.24) is 10.6 Å². The smallest absolute Gasteiger partial charge is 0.408 e. The van der Waals surface area contributed by atoms with Crippen molar-refractivity contribution in [3.63, 3.8) is 0 Å². The second kappa shape index (κ2) is 10.6. The lowest BCUT2D eigenvalue weighted by Gasteiger charge is -2.38. The summed E-state index contributed by atoms with van der Waals surface area (Å²) in [6.07, 6.45) is 1.25. The molecule has 8 heteroatoms. The lowest BCUT2D eigenvalue weighted by Crippen LogP contribution is -2.52. The lowest BCUT2D eigenvalue weighted by molar-refractivity contribution is -0.123. The zero-order valence-electron chi connectivity index (χ0n) is 20.6. The number of benzene rings is 2. The molecule has 2 aromatic rings. The molecule has 2 N–H and O–H groups in total. The molecular weight excluding hydrogens is 448 g/mol. The van der Waals surface area contributed by atoms with E-state index in [1.54, 1.807) is 20.8 Å². The van der Waals surface area contributed by atoms with E-state index in [0.29, 0.717) is 31.9 Å². The van der Waals surface area contributed by atoms with Crippen molar-refractivity contribution in [2.24, 2.45) is 0 Å². The second-order valence-electron chi connectivity index (χ2n) is 10.1. The molecule has 0 bridgehead atoms. The van der Waals surface area contributed by atoms with Gasteiger partial charge in [0, 0.05) is 31.6 Å². The predicted octanol–water partition coefficient (Wildman–Crippen LogP) is 3.72. The number of rotatable bonds is 7. The van der Waals surface area contributed by atoms with Gasteiger partial charge in [0.2, 0.25) is 12.7 Å². The van der Waals surface area contributed by atoms with Gasteiger partial charge in [0.1, 0.15) is 11.6 Å². The maximum absolute atomic E-state index is 13.4. The van der Waals surface area contributed by atoms with Crippen LogP contribution in [0.3, 0.4) is 0 Å². The van der Waals surface area contributed by atoms with Crippen LogP contribution in [-0.2, 0) is 26.1 Å². The van der Waals surface area contributed by atoms with E-state index in [2.05, 4.69) is 10.6 Å². The average molecular weight is 483 g/mol. The molecule has 188 valence electrons. The molecule has 4 rings (SSSR count).